The van der Waals surface area contributed by atoms with E-state index in [9.17, 15) is 27.2 Å². The number of nitriles is 2. The van der Waals surface area contributed by atoms with Crippen LogP contribution in [-0.4, -0.2) is 0 Å². The molecular weight excluding hydrogens is 345 g/mol. The number of hydrogen-bond donors (Lipinski definition) is 0. The van der Waals surface area contributed by atoms with Gasteiger partial charge < -0.3 is 4.74 Å². The van der Waals surface area contributed by atoms with Gasteiger partial charge in [0, 0.05) is 0 Å². The Labute approximate surface area is 138 Å². The molecule has 0 aliphatic carbocycles. The first-order chi connectivity index (χ1) is 11.6. The molecule has 1 aliphatic rings. The summed E-state index contributed by atoms with van der Waals surface area (Å²) in [5, 5.41) is 18.1. The second kappa shape index (κ2) is 5.92. The van der Waals surface area contributed by atoms with Crippen molar-refractivity contribution in [2.24, 2.45) is 0 Å². The van der Waals surface area contributed by atoms with Gasteiger partial charge in [-0.05, 0) is 19.4 Å². The maximum atomic E-state index is 14.1. The van der Waals surface area contributed by atoms with E-state index in [1.165, 1.54) is 13.0 Å². The van der Waals surface area contributed by atoms with Crippen molar-refractivity contribution in [3.8, 4) is 12.1 Å². The molecule has 0 saturated carbocycles. The van der Waals surface area contributed by atoms with Crippen molar-refractivity contribution < 1.29 is 26.7 Å². The standard InChI is InChI=1S/C16H6F5N3O/c1-6-7(4-22)15(8(5-23)24-3)25-16(6,2)9-10(17)12(19)14(21)13(20)11(9)18/h1-2H3/b15-8-. The Kier molecular flexibility index (Phi) is 4.25. The minimum Gasteiger partial charge on any atom is -0.487 e. The summed E-state index contributed by atoms with van der Waals surface area (Å²) < 4.78 is 73.8. The summed E-state index contributed by atoms with van der Waals surface area (Å²) in [6.07, 6.45) is 0. The number of benzene rings is 1. The molecule has 0 N–H and O–H groups in total. The van der Waals surface area contributed by atoms with Crippen LogP contribution in [0.5, 0.6) is 0 Å². The summed E-state index contributed by atoms with van der Waals surface area (Å²) in [4.78, 5) is 2.84. The van der Waals surface area contributed by atoms with E-state index in [0.717, 1.165) is 6.92 Å². The summed E-state index contributed by atoms with van der Waals surface area (Å²) in [7, 11) is 0. The zero-order valence-electron chi connectivity index (χ0n) is 12.6. The van der Waals surface area contributed by atoms with Gasteiger partial charge in [0.25, 0.3) is 0 Å². The first kappa shape index (κ1) is 18.0. The number of hydrogen-bond acceptors (Lipinski definition) is 3. The van der Waals surface area contributed by atoms with Crippen LogP contribution >= 0.6 is 0 Å². The monoisotopic (exact) mass is 351 g/mol. The fourth-order valence-corrected chi connectivity index (χ4v) is 2.43. The Balaban J connectivity index is 2.91. The van der Waals surface area contributed by atoms with Gasteiger partial charge in [-0.3, -0.25) is 0 Å². The second-order valence-electron chi connectivity index (χ2n) is 5.09. The fourth-order valence-electron chi connectivity index (χ4n) is 2.43. The Hall–Kier alpha value is -3.38. The minimum atomic E-state index is -2.34. The molecule has 0 spiro atoms. The quantitative estimate of drug-likeness (QED) is 0.251. The lowest BCUT2D eigenvalue weighted by molar-refractivity contribution is 0.0632. The predicted octanol–water partition coefficient (Wildman–Crippen LogP) is 4.12. The molecule has 1 heterocycles. The number of allylic oxidation sites excluding steroid dienone is 2. The summed E-state index contributed by atoms with van der Waals surface area (Å²) in [6, 6.07) is 3.06. The number of nitrogens with zero attached hydrogens (tertiary/aromatic N) is 3. The molecule has 0 aromatic heterocycles. The van der Waals surface area contributed by atoms with Crippen LogP contribution in [0.15, 0.2) is 22.6 Å². The lowest BCUT2D eigenvalue weighted by Crippen LogP contribution is -2.28. The van der Waals surface area contributed by atoms with E-state index in [-0.39, 0.29) is 11.1 Å². The molecule has 1 aromatic carbocycles. The van der Waals surface area contributed by atoms with E-state index in [1.807, 2.05) is 0 Å². The third-order valence-electron chi connectivity index (χ3n) is 3.86. The minimum absolute atomic E-state index is 0.204. The SMILES string of the molecule is [C-]#[N+]/C(C#N)=C1\OC(C)(c2c(F)c(F)c(F)c(F)c2F)C(C)=C1C#N. The predicted molar refractivity (Wildman–Crippen MR) is 72.2 cm³/mol. The van der Waals surface area contributed by atoms with Crippen LogP contribution < -0.4 is 0 Å². The molecule has 25 heavy (non-hydrogen) atoms. The summed E-state index contributed by atoms with van der Waals surface area (Å²) in [5.74, 6) is -11.5. The Morgan fingerprint density at radius 1 is 1.04 bits per heavy atom. The molecule has 9 heteroatoms. The number of rotatable bonds is 1. The molecule has 1 aliphatic heterocycles. The lowest BCUT2D eigenvalue weighted by atomic mass is 9.86. The van der Waals surface area contributed by atoms with Crippen LogP contribution in [0.1, 0.15) is 19.4 Å². The smallest absolute Gasteiger partial charge is 0.304 e. The molecule has 0 radical (unpaired) electrons. The molecule has 1 unspecified atom stereocenters. The van der Waals surface area contributed by atoms with Crippen LogP contribution in [0, 0.1) is 58.3 Å². The van der Waals surface area contributed by atoms with E-state index < -0.39 is 51.7 Å². The van der Waals surface area contributed by atoms with Gasteiger partial charge in [0.2, 0.25) is 5.82 Å². The second-order valence-corrected chi connectivity index (χ2v) is 5.09. The van der Waals surface area contributed by atoms with Gasteiger partial charge in [0.15, 0.2) is 34.6 Å². The van der Waals surface area contributed by atoms with Crippen molar-refractivity contribution >= 4 is 0 Å². The highest BCUT2D eigenvalue weighted by atomic mass is 19.2. The first-order valence-corrected chi connectivity index (χ1v) is 6.50. The van der Waals surface area contributed by atoms with Crippen LogP contribution in [0.2, 0.25) is 0 Å². The Morgan fingerprint density at radius 2 is 1.52 bits per heavy atom. The fraction of sp³-hybridized carbons (Fsp3) is 0.188. The van der Waals surface area contributed by atoms with E-state index in [2.05, 4.69) is 4.85 Å². The molecule has 0 fully saturated rings. The van der Waals surface area contributed by atoms with Crippen molar-refractivity contribution in [2.75, 3.05) is 0 Å². The lowest BCUT2D eigenvalue weighted by Gasteiger charge is -2.28. The van der Waals surface area contributed by atoms with Crippen LogP contribution in [0.3, 0.4) is 0 Å². The van der Waals surface area contributed by atoms with Crippen molar-refractivity contribution in [2.45, 2.75) is 19.4 Å². The molecule has 1 aromatic rings. The van der Waals surface area contributed by atoms with Gasteiger partial charge in [0.1, 0.15) is 6.07 Å². The van der Waals surface area contributed by atoms with Crippen LogP contribution in [-0.2, 0) is 10.3 Å². The third-order valence-corrected chi connectivity index (χ3v) is 3.86. The third kappa shape index (κ3) is 2.31. The van der Waals surface area contributed by atoms with E-state index in [4.69, 9.17) is 16.6 Å². The van der Waals surface area contributed by atoms with E-state index >= 15 is 0 Å². The van der Waals surface area contributed by atoms with Crippen molar-refractivity contribution in [3.05, 3.63) is 68.7 Å². The van der Waals surface area contributed by atoms with E-state index in [0.29, 0.717) is 0 Å². The van der Waals surface area contributed by atoms with Gasteiger partial charge in [-0.2, -0.15) is 5.26 Å². The molecule has 0 bridgehead atoms. The molecule has 2 rings (SSSR count). The summed E-state index contributed by atoms with van der Waals surface area (Å²) in [5.41, 5.74) is -4.87. The largest absolute Gasteiger partial charge is 0.487 e. The topological polar surface area (TPSA) is 61.2 Å². The maximum absolute atomic E-state index is 14.1. The number of ether oxygens (including phenoxy) is 1. The number of halogens is 5. The first-order valence-electron chi connectivity index (χ1n) is 6.50. The zero-order chi connectivity index (χ0) is 19.1. The molecule has 4 nitrogen and oxygen atoms in total. The highest BCUT2D eigenvalue weighted by Crippen LogP contribution is 2.48. The molecule has 1 atom stereocenters. The normalized spacial score (nSPS) is 21.3. The Bertz CT molecular complexity index is 946. The van der Waals surface area contributed by atoms with Crippen molar-refractivity contribution in [1.82, 2.24) is 0 Å². The average Bonchev–Trinajstić information content (AvgIpc) is 2.84. The van der Waals surface area contributed by atoms with Gasteiger partial charge in [-0.15, -0.1) is 0 Å². The van der Waals surface area contributed by atoms with Gasteiger partial charge >= 0.3 is 5.70 Å². The van der Waals surface area contributed by atoms with Gasteiger partial charge in [-0.1, -0.05) is 0 Å². The van der Waals surface area contributed by atoms with Gasteiger partial charge in [0.05, 0.1) is 23.8 Å². The zero-order valence-corrected chi connectivity index (χ0v) is 12.6. The summed E-state index contributed by atoms with van der Waals surface area (Å²) in [6.45, 7) is 9.03. The van der Waals surface area contributed by atoms with Crippen LogP contribution in [0.25, 0.3) is 4.85 Å². The molecule has 0 saturated heterocycles. The Morgan fingerprint density at radius 3 is 1.92 bits per heavy atom. The van der Waals surface area contributed by atoms with Gasteiger partial charge in [-0.25, -0.2) is 32.1 Å². The molecule has 0 amide bonds. The highest BCUT2D eigenvalue weighted by Gasteiger charge is 2.48. The molecular formula is C16H6F5N3O. The average molecular weight is 351 g/mol. The molecule has 126 valence electrons. The maximum Gasteiger partial charge on any atom is 0.304 e. The van der Waals surface area contributed by atoms with Crippen molar-refractivity contribution in [3.63, 3.8) is 0 Å². The van der Waals surface area contributed by atoms with Crippen LogP contribution in [0.4, 0.5) is 22.0 Å². The highest BCUT2D eigenvalue weighted by molar-refractivity contribution is 5.57. The van der Waals surface area contributed by atoms with Crippen molar-refractivity contribution in [1.29, 1.82) is 10.5 Å². The summed E-state index contributed by atoms with van der Waals surface area (Å²) >= 11 is 0. The van der Waals surface area contributed by atoms with E-state index in [1.54, 1.807) is 6.07 Å².